The van der Waals surface area contributed by atoms with Crippen molar-refractivity contribution in [2.24, 2.45) is 5.92 Å². The molecule has 2 amide bonds. The van der Waals surface area contributed by atoms with Crippen LogP contribution in [0.2, 0.25) is 0 Å². The van der Waals surface area contributed by atoms with Crippen LogP contribution in [0.1, 0.15) is 67.8 Å². The molecule has 0 atom stereocenters. The monoisotopic (exact) mass is 587 g/mol. The molecule has 0 aromatic heterocycles. The second kappa shape index (κ2) is 14.3. The van der Waals surface area contributed by atoms with Gasteiger partial charge in [-0.15, -0.1) is 0 Å². The van der Waals surface area contributed by atoms with E-state index in [9.17, 15) is 22.4 Å². The highest BCUT2D eigenvalue weighted by atomic mass is 32.2. The number of nitrogens with zero attached hydrogens (tertiary/aromatic N) is 3. The first-order valence-corrected chi connectivity index (χ1v) is 16.3. The van der Waals surface area contributed by atoms with Crippen molar-refractivity contribution in [3.05, 3.63) is 65.5 Å². The third kappa shape index (κ3) is 8.29. The number of carbonyl (C=O) groups excluding carboxylic acids is 2. The Balaban J connectivity index is 1.51. The van der Waals surface area contributed by atoms with Gasteiger partial charge in [-0.3, -0.25) is 9.59 Å². The summed E-state index contributed by atoms with van der Waals surface area (Å²) in [6.45, 7) is 2.98. The number of sulfonamides is 1. The number of ether oxygens (including phenoxy) is 1. The van der Waals surface area contributed by atoms with Gasteiger partial charge in [0.25, 0.3) is 5.91 Å². The largest absolute Gasteiger partial charge is 0.497 e. The summed E-state index contributed by atoms with van der Waals surface area (Å²) in [4.78, 5) is 30.4. The summed E-state index contributed by atoms with van der Waals surface area (Å²) < 4.78 is 46.5. The molecule has 41 heavy (non-hydrogen) atoms. The summed E-state index contributed by atoms with van der Waals surface area (Å²) in [6.07, 6.45) is 6.42. The van der Waals surface area contributed by atoms with Gasteiger partial charge in [-0.05, 0) is 74.4 Å². The van der Waals surface area contributed by atoms with E-state index < -0.39 is 15.8 Å². The fraction of sp³-hybridized carbons (Fsp3) is 0.548. The SMILES string of the molecule is CCS(=O)(=O)N(CC(=O)N(Cc1ccc(OC)cc1)C1CCN(C(=O)c2cccc(F)c2)CC1)CC1CCCCC1. The van der Waals surface area contributed by atoms with Gasteiger partial charge in [-0.25, -0.2) is 12.8 Å². The fourth-order valence-electron chi connectivity index (χ4n) is 5.89. The van der Waals surface area contributed by atoms with Crippen LogP contribution in [-0.4, -0.2) is 79.4 Å². The molecule has 0 unspecified atom stereocenters. The lowest BCUT2D eigenvalue weighted by Gasteiger charge is -2.39. The number of carbonyl (C=O) groups is 2. The van der Waals surface area contributed by atoms with E-state index in [-0.39, 0.29) is 36.1 Å². The Morgan fingerprint density at radius 1 is 1.00 bits per heavy atom. The molecule has 0 N–H and O–H groups in total. The first-order chi connectivity index (χ1) is 19.7. The molecule has 1 heterocycles. The lowest BCUT2D eigenvalue weighted by molar-refractivity contribution is -0.135. The van der Waals surface area contributed by atoms with E-state index in [4.69, 9.17) is 4.74 Å². The Morgan fingerprint density at radius 2 is 1.68 bits per heavy atom. The number of halogens is 1. The molecule has 1 saturated carbocycles. The van der Waals surface area contributed by atoms with Crippen molar-refractivity contribution in [3.63, 3.8) is 0 Å². The lowest BCUT2D eigenvalue weighted by Crippen LogP contribution is -2.52. The maximum absolute atomic E-state index is 13.9. The average molecular weight is 588 g/mol. The summed E-state index contributed by atoms with van der Waals surface area (Å²) in [5.41, 5.74) is 1.22. The quantitative estimate of drug-likeness (QED) is 0.381. The maximum atomic E-state index is 13.9. The van der Waals surface area contributed by atoms with Crippen LogP contribution in [0, 0.1) is 11.7 Å². The average Bonchev–Trinajstić information content (AvgIpc) is 3.00. The molecule has 2 aromatic carbocycles. The molecule has 1 saturated heterocycles. The molecule has 8 nitrogen and oxygen atoms in total. The van der Waals surface area contributed by atoms with Crippen LogP contribution < -0.4 is 4.74 Å². The van der Waals surface area contributed by atoms with Gasteiger partial charge in [0, 0.05) is 37.8 Å². The van der Waals surface area contributed by atoms with Gasteiger partial charge in [0.05, 0.1) is 19.4 Å². The van der Waals surface area contributed by atoms with Crippen LogP contribution in [0.4, 0.5) is 4.39 Å². The molecule has 0 radical (unpaired) electrons. The Hall–Kier alpha value is -2.98. The highest BCUT2D eigenvalue weighted by Gasteiger charge is 2.34. The van der Waals surface area contributed by atoms with Crippen molar-refractivity contribution in [2.45, 2.75) is 64.5 Å². The van der Waals surface area contributed by atoms with E-state index in [0.29, 0.717) is 50.3 Å². The summed E-state index contributed by atoms with van der Waals surface area (Å²) in [5, 5.41) is 0. The Morgan fingerprint density at radius 3 is 2.29 bits per heavy atom. The predicted molar refractivity (Wildman–Crippen MR) is 156 cm³/mol. The van der Waals surface area contributed by atoms with Crippen molar-refractivity contribution in [3.8, 4) is 5.75 Å². The van der Waals surface area contributed by atoms with Gasteiger partial charge in [-0.1, -0.05) is 37.5 Å². The topological polar surface area (TPSA) is 87.2 Å². The van der Waals surface area contributed by atoms with E-state index in [1.165, 1.54) is 28.9 Å². The Kier molecular flexibility index (Phi) is 10.8. The van der Waals surface area contributed by atoms with Crippen LogP contribution in [0.5, 0.6) is 5.75 Å². The zero-order valence-electron chi connectivity index (χ0n) is 24.1. The molecule has 0 spiro atoms. The van der Waals surface area contributed by atoms with Crippen LogP contribution >= 0.6 is 0 Å². The number of methoxy groups -OCH3 is 1. The highest BCUT2D eigenvalue weighted by molar-refractivity contribution is 7.89. The van der Waals surface area contributed by atoms with E-state index in [1.54, 1.807) is 29.9 Å². The number of rotatable bonds is 11. The Labute approximate surface area is 243 Å². The van der Waals surface area contributed by atoms with Crippen molar-refractivity contribution in [1.82, 2.24) is 14.1 Å². The minimum Gasteiger partial charge on any atom is -0.497 e. The highest BCUT2D eigenvalue weighted by Crippen LogP contribution is 2.27. The molecular formula is C31H42FN3O5S. The standard InChI is InChI=1S/C31H42FN3O5S/c1-3-41(38,39)34(21-24-8-5-4-6-9-24)23-30(36)35(22-25-12-14-29(40-2)15-13-25)28-16-18-33(19-17-28)31(37)26-10-7-11-27(32)20-26/h7,10-15,20,24,28H,3-6,8-9,16-19,21-23H2,1-2H3. The number of likely N-dealkylation sites (tertiary alicyclic amines) is 1. The Bertz CT molecular complexity index is 1270. The molecule has 2 fully saturated rings. The molecule has 0 bridgehead atoms. The van der Waals surface area contributed by atoms with Crippen molar-refractivity contribution >= 4 is 21.8 Å². The van der Waals surface area contributed by atoms with Gasteiger partial charge in [0.2, 0.25) is 15.9 Å². The van der Waals surface area contributed by atoms with Gasteiger partial charge < -0.3 is 14.5 Å². The molecule has 224 valence electrons. The van der Waals surface area contributed by atoms with Gasteiger partial charge in [-0.2, -0.15) is 4.31 Å². The maximum Gasteiger partial charge on any atom is 0.253 e. The number of hydrogen-bond donors (Lipinski definition) is 0. The van der Waals surface area contributed by atoms with E-state index >= 15 is 0 Å². The molecular weight excluding hydrogens is 545 g/mol. The van der Waals surface area contributed by atoms with Crippen molar-refractivity contribution in [1.29, 1.82) is 0 Å². The second-order valence-corrected chi connectivity index (χ2v) is 13.4. The van der Waals surface area contributed by atoms with E-state index in [1.807, 2.05) is 24.3 Å². The number of piperidine rings is 1. The molecule has 2 aromatic rings. The fourth-order valence-corrected chi connectivity index (χ4v) is 7.00. The normalized spacial score (nSPS) is 17.0. The molecule has 1 aliphatic heterocycles. The van der Waals surface area contributed by atoms with Crippen LogP contribution in [0.3, 0.4) is 0 Å². The van der Waals surface area contributed by atoms with E-state index in [0.717, 1.165) is 31.2 Å². The summed E-state index contributed by atoms with van der Waals surface area (Å²) >= 11 is 0. The van der Waals surface area contributed by atoms with Crippen LogP contribution in [0.15, 0.2) is 48.5 Å². The number of benzene rings is 2. The summed E-state index contributed by atoms with van der Waals surface area (Å²) in [7, 11) is -1.97. The first-order valence-electron chi connectivity index (χ1n) is 14.6. The summed E-state index contributed by atoms with van der Waals surface area (Å²) in [5.74, 6) is 0.00835. The molecule has 2 aliphatic rings. The first kappa shape index (κ1) is 31.0. The third-order valence-electron chi connectivity index (χ3n) is 8.35. The van der Waals surface area contributed by atoms with Crippen LogP contribution in [-0.2, 0) is 21.4 Å². The molecule has 10 heteroatoms. The zero-order chi connectivity index (χ0) is 29.4. The predicted octanol–water partition coefficient (Wildman–Crippen LogP) is 4.70. The van der Waals surface area contributed by atoms with Crippen molar-refractivity contribution in [2.75, 3.05) is 39.0 Å². The number of amides is 2. The van der Waals surface area contributed by atoms with Gasteiger partial charge in [0.15, 0.2) is 0 Å². The third-order valence-corrected chi connectivity index (χ3v) is 10.1. The van der Waals surface area contributed by atoms with E-state index in [2.05, 4.69) is 0 Å². The van der Waals surface area contributed by atoms with Gasteiger partial charge in [0.1, 0.15) is 11.6 Å². The minimum atomic E-state index is -3.57. The zero-order valence-corrected chi connectivity index (χ0v) is 25.0. The summed E-state index contributed by atoms with van der Waals surface area (Å²) in [6, 6.07) is 13.0. The molecule has 4 rings (SSSR count). The van der Waals surface area contributed by atoms with Crippen LogP contribution in [0.25, 0.3) is 0 Å². The van der Waals surface area contributed by atoms with Crippen molar-refractivity contribution < 1.29 is 27.1 Å². The lowest BCUT2D eigenvalue weighted by atomic mass is 9.89. The second-order valence-electron chi connectivity index (χ2n) is 11.1. The smallest absolute Gasteiger partial charge is 0.253 e. The number of hydrogen-bond acceptors (Lipinski definition) is 5. The molecule has 1 aliphatic carbocycles. The van der Waals surface area contributed by atoms with Gasteiger partial charge >= 0.3 is 0 Å². The minimum absolute atomic E-state index is 0.0495.